The molecule has 7 nitrogen and oxygen atoms in total. The normalized spacial score (nSPS) is 15.7. The van der Waals surface area contributed by atoms with Crippen molar-refractivity contribution >= 4 is 56.0 Å². The average Bonchev–Trinajstić information content (AvgIpc) is 3.32. The van der Waals surface area contributed by atoms with Crippen molar-refractivity contribution in [3.05, 3.63) is 71.3 Å². The van der Waals surface area contributed by atoms with Crippen LogP contribution in [-0.2, 0) is 14.8 Å². The molecule has 0 radical (unpaired) electrons. The molecule has 0 unspecified atom stereocenters. The van der Waals surface area contributed by atoms with Crippen molar-refractivity contribution in [2.75, 3.05) is 12.0 Å². The van der Waals surface area contributed by atoms with E-state index >= 15 is 0 Å². The van der Waals surface area contributed by atoms with Crippen molar-refractivity contribution in [2.45, 2.75) is 4.90 Å². The number of primary sulfonamides is 1. The molecule has 158 valence electrons. The number of furan rings is 1. The highest BCUT2D eigenvalue weighted by atomic mass is 32.2. The van der Waals surface area contributed by atoms with E-state index in [9.17, 15) is 13.2 Å². The number of sulfonamides is 1. The molecule has 1 amide bonds. The molecule has 4 rings (SSSR count). The maximum atomic E-state index is 12.9. The van der Waals surface area contributed by atoms with Crippen molar-refractivity contribution in [1.82, 2.24) is 0 Å². The largest absolute Gasteiger partial charge is 0.497 e. The molecule has 10 heteroatoms. The number of rotatable bonds is 5. The molecule has 0 spiro atoms. The maximum Gasteiger partial charge on any atom is 0.270 e. The highest BCUT2D eigenvalue weighted by Crippen LogP contribution is 2.37. The minimum absolute atomic E-state index is 0.0187. The van der Waals surface area contributed by atoms with E-state index in [0.717, 1.165) is 0 Å². The summed E-state index contributed by atoms with van der Waals surface area (Å²) in [6, 6.07) is 16.5. The lowest BCUT2D eigenvalue weighted by Gasteiger charge is -2.14. The number of thiocarbonyl (C=S) groups is 1. The number of thioether (sulfide) groups is 1. The van der Waals surface area contributed by atoms with Gasteiger partial charge in [-0.1, -0.05) is 24.0 Å². The fourth-order valence-electron chi connectivity index (χ4n) is 2.95. The number of nitrogens with zero attached hydrogens (tertiary/aromatic N) is 1. The third kappa shape index (κ3) is 4.42. The molecule has 0 saturated carbocycles. The molecular formula is C21H16N2O5S3. The van der Waals surface area contributed by atoms with Gasteiger partial charge in [-0.05, 0) is 60.7 Å². The number of hydrogen-bond acceptors (Lipinski definition) is 7. The van der Waals surface area contributed by atoms with E-state index in [2.05, 4.69) is 0 Å². The van der Waals surface area contributed by atoms with Gasteiger partial charge in [-0.3, -0.25) is 9.69 Å². The number of hydrogen-bond donors (Lipinski definition) is 1. The number of benzene rings is 2. The Morgan fingerprint density at radius 3 is 2.35 bits per heavy atom. The Morgan fingerprint density at radius 1 is 1.06 bits per heavy atom. The molecule has 1 aliphatic rings. The Kier molecular flexibility index (Phi) is 5.71. The van der Waals surface area contributed by atoms with Gasteiger partial charge in [0.15, 0.2) is 4.32 Å². The van der Waals surface area contributed by atoms with E-state index < -0.39 is 10.0 Å². The lowest BCUT2D eigenvalue weighted by atomic mass is 10.2. The number of ether oxygens (including phenoxy) is 1. The molecule has 1 saturated heterocycles. The van der Waals surface area contributed by atoms with Gasteiger partial charge < -0.3 is 9.15 Å². The SMILES string of the molecule is COc1ccc(N2C(=O)/C(=C\c3ccc(-c4ccc(S(N)(=O)=O)cc4)o3)SC2=S)cc1. The van der Waals surface area contributed by atoms with Crippen LogP contribution >= 0.6 is 24.0 Å². The third-order valence-electron chi connectivity index (χ3n) is 4.49. The van der Waals surface area contributed by atoms with Crippen LogP contribution in [0.3, 0.4) is 0 Å². The van der Waals surface area contributed by atoms with Crippen LogP contribution in [0.15, 0.2) is 74.9 Å². The van der Waals surface area contributed by atoms with E-state index in [1.807, 2.05) is 0 Å². The van der Waals surface area contributed by atoms with E-state index in [1.165, 1.54) is 28.8 Å². The molecule has 0 atom stereocenters. The minimum atomic E-state index is -3.76. The van der Waals surface area contributed by atoms with Gasteiger partial charge >= 0.3 is 0 Å². The fourth-order valence-corrected chi connectivity index (χ4v) is 4.74. The van der Waals surface area contributed by atoms with Gasteiger partial charge in [0.25, 0.3) is 5.91 Å². The first-order valence-corrected chi connectivity index (χ1v) is 11.7. The lowest BCUT2D eigenvalue weighted by Crippen LogP contribution is -2.27. The molecule has 2 heterocycles. The predicted molar refractivity (Wildman–Crippen MR) is 124 cm³/mol. The fraction of sp³-hybridized carbons (Fsp3) is 0.0476. The Hall–Kier alpha value is -2.92. The topological polar surface area (TPSA) is 103 Å². The summed E-state index contributed by atoms with van der Waals surface area (Å²) in [5, 5.41) is 5.12. The third-order valence-corrected chi connectivity index (χ3v) is 6.72. The summed E-state index contributed by atoms with van der Waals surface area (Å²) in [4.78, 5) is 14.8. The smallest absolute Gasteiger partial charge is 0.270 e. The summed E-state index contributed by atoms with van der Waals surface area (Å²) in [6.07, 6.45) is 1.63. The zero-order valence-corrected chi connectivity index (χ0v) is 18.6. The van der Waals surface area contributed by atoms with Gasteiger partial charge in [0.2, 0.25) is 10.0 Å². The molecular weight excluding hydrogens is 456 g/mol. The monoisotopic (exact) mass is 472 g/mol. The number of nitrogens with two attached hydrogens (primary N) is 1. The van der Waals surface area contributed by atoms with Crippen LogP contribution in [0, 0.1) is 0 Å². The number of anilines is 1. The summed E-state index contributed by atoms with van der Waals surface area (Å²) in [5.74, 6) is 1.44. The first kappa shape index (κ1) is 21.3. The predicted octanol–water partition coefficient (Wildman–Crippen LogP) is 4.01. The zero-order valence-electron chi connectivity index (χ0n) is 16.1. The Labute approximate surface area is 188 Å². The van der Waals surface area contributed by atoms with Crippen LogP contribution in [0.4, 0.5) is 5.69 Å². The quantitative estimate of drug-likeness (QED) is 0.442. The summed E-state index contributed by atoms with van der Waals surface area (Å²) in [5.41, 5.74) is 1.33. The number of amides is 1. The highest BCUT2D eigenvalue weighted by Gasteiger charge is 2.33. The zero-order chi connectivity index (χ0) is 22.2. The highest BCUT2D eigenvalue weighted by molar-refractivity contribution is 8.27. The van der Waals surface area contributed by atoms with Gasteiger partial charge in [0, 0.05) is 11.6 Å². The molecule has 2 aromatic carbocycles. The van der Waals surface area contributed by atoms with E-state index in [4.69, 9.17) is 26.5 Å². The average molecular weight is 473 g/mol. The van der Waals surface area contributed by atoms with Crippen molar-refractivity contribution in [3.63, 3.8) is 0 Å². The summed E-state index contributed by atoms with van der Waals surface area (Å²) in [6.45, 7) is 0. The minimum Gasteiger partial charge on any atom is -0.497 e. The Bertz CT molecular complexity index is 1290. The second-order valence-corrected chi connectivity index (χ2v) is 9.72. The first-order valence-electron chi connectivity index (χ1n) is 8.91. The van der Waals surface area contributed by atoms with E-state index in [0.29, 0.717) is 37.7 Å². The van der Waals surface area contributed by atoms with Gasteiger partial charge in [-0.15, -0.1) is 0 Å². The summed E-state index contributed by atoms with van der Waals surface area (Å²) < 4.78 is 34.2. The molecule has 0 aliphatic carbocycles. The second-order valence-electron chi connectivity index (χ2n) is 6.49. The number of methoxy groups -OCH3 is 1. The van der Waals surface area contributed by atoms with E-state index in [1.54, 1.807) is 61.7 Å². The molecule has 1 aliphatic heterocycles. The Balaban J connectivity index is 1.56. The lowest BCUT2D eigenvalue weighted by molar-refractivity contribution is -0.113. The molecule has 31 heavy (non-hydrogen) atoms. The van der Waals surface area contributed by atoms with Gasteiger partial charge in [-0.2, -0.15) is 0 Å². The van der Waals surface area contributed by atoms with Gasteiger partial charge in [-0.25, -0.2) is 13.6 Å². The molecule has 1 aromatic heterocycles. The van der Waals surface area contributed by atoms with Gasteiger partial charge in [0.05, 0.1) is 22.6 Å². The first-order chi connectivity index (χ1) is 14.8. The summed E-state index contributed by atoms with van der Waals surface area (Å²) >= 11 is 6.57. The number of carbonyl (C=O) groups is 1. The van der Waals surface area contributed by atoms with Gasteiger partial charge in [0.1, 0.15) is 17.3 Å². The van der Waals surface area contributed by atoms with E-state index in [-0.39, 0.29) is 10.8 Å². The molecule has 3 aromatic rings. The van der Waals surface area contributed by atoms with Crippen LogP contribution in [0.2, 0.25) is 0 Å². The van der Waals surface area contributed by atoms with Crippen molar-refractivity contribution in [3.8, 4) is 17.1 Å². The second kappa shape index (κ2) is 8.31. The summed E-state index contributed by atoms with van der Waals surface area (Å²) in [7, 11) is -2.19. The van der Waals surface area contributed by atoms with Crippen molar-refractivity contribution in [2.24, 2.45) is 5.14 Å². The van der Waals surface area contributed by atoms with Crippen LogP contribution in [-0.4, -0.2) is 25.8 Å². The molecule has 2 N–H and O–H groups in total. The maximum absolute atomic E-state index is 12.9. The van der Waals surface area contributed by atoms with Crippen LogP contribution in [0.25, 0.3) is 17.4 Å². The number of carbonyl (C=O) groups excluding carboxylic acids is 1. The van der Waals surface area contributed by atoms with Crippen LogP contribution < -0.4 is 14.8 Å². The standard InChI is InChI=1S/C21H16N2O5S3/c1-27-15-6-4-14(5-7-15)23-20(24)19(30-21(23)29)12-16-8-11-18(28-16)13-2-9-17(10-3-13)31(22,25)26/h2-12H,1H3,(H2,22,25,26)/b19-12+. The van der Waals surface area contributed by atoms with Crippen molar-refractivity contribution in [1.29, 1.82) is 0 Å². The van der Waals surface area contributed by atoms with Crippen molar-refractivity contribution < 1.29 is 22.4 Å². The Morgan fingerprint density at radius 2 is 1.74 bits per heavy atom. The molecule has 0 bridgehead atoms. The molecule has 1 fully saturated rings. The van der Waals surface area contributed by atoms with Crippen LogP contribution in [0.5, 0.6) is 5.75 Å². The van der Waals surface area contributed by atoms with Crippen LogP contribution in [0.1, 0.15) is 5.76 Å².